The molecule has 2 heteroatoms. The predicted molar refractivity (Wildman–Crippen MR) is 94.5 cm³/mol. The number of aryl methyl sites for hydroxylation is 3. The molecule has 0 amide bonds. The highest BCUT2D eigenvalue weighted by atomic mass is 15.3. The molecule has 1 aromatic rings. The van der Waals surface area contributed by atoms with Crippen LogP contribution in [0.2, 0.25) is 0 Å². The summed E-state index contributed by atoms with van der Waals surface area (Å²) in [5, 5.41) is 0. The molecule has 3 fully saturated rings. The molecule has 4 rings (SSSR count). The first-order valence-electron chi connectivity index (χ1n) is 8.87. The van der Waals surface area contributed by atoms with E-state index in [4.69, 9.17) is 4.98 Å². The maximum Gasteiger partial charge on any atom is 0.0619 e. The lowest BCUT2D eigenvalue weighted by Gasteiger charge is -2.68. The van der Waals surface area contributed by atoms with Gasteiger partial charge in [0.1, 0.15) is 0 Å². The lowest BCUT2D eigenvalue weighted by molar-refractivity contribution is -0.0525. The van der Waals surface area contributed by atoms with Crippen LogP contribution in [0, 0.1) is 38.0 Å². The molecular formula is C20H32N2. The third-order valence-corrected chi connectivity index (χ3v) is 7.56. The fourth-order valence-corrected chi connectivity index (χ4v) is 5.58. The summed E-state index contributed by atoms with van der Waals surface area (Å²) in [4.78, 5) is 7.53. The Balaban J connectivity index is 2.19. The van der Waals surface area contributed by atoms with Gasteiger partial charge in [0.25, 0.3) is 0 Å². The van der Waals surface area contributed by atoms with Crippen LogP contribution in [-0.4, -0.2) is 16.6 Å². The Morgan fingerprint density at radius 3 is 2.27 bits per heavy atom. The normalized spacial score (nSPS) is 41.1. The number of rotatable bonds is 1. The SMILES string of the molecule is Cc1cc(C)c(N2[C@@H](C)C3(C)CCC2(C)C(C)C3C)c(C)n1. The van der Waals surface area contributed by atoms with Crippen molar-refractivity contribution in [1.82, 2.24) is 4.98 Å². The Hall–Kier alpha value is -1.05. The summed E-state index contributed by atoms with van der Waals surface area (Å²) in [5.74, 6) is 1.49. The third kappa shape index (κ3) is 1.82. The number of anilines is 1. The zero-order chi connectivity index (χ0) is 16.4. The van der Waals surface area contributed by atoms with Crippen LogP contribution in [0.25, 0.3) is 0 Å². The van der Waals surface area contributed by atoms with E-state index >= 15 is 0 Å². The van der Waals surface area contributed by atoms with E-state index in [1.54, 1.807) is 0 Å². The summed E-state index contributed by atoms with van der Waals surface area (Å²) < 4.78 is 0. The fraction of sp³-hybridized carbons (Fsp3) is 0.750. The summed E-state index contributed by atoms with van der Waals surface area (Å²) in [6, 6.07) is 2.82. The molecule has 2 saturated heterocycles. The van der Waals surface area contributed by atoms with Crippen molar-refractivity contribution in [3.05, 3.63) is 23.0 Å². The minimum absolute atomic E-state index is 0.253. The van der Waals surface area contributed by atoms with Crippen LogP contribution in [0.4, 0.5) is 5.69 Å². The summed E-state index contributed by atoms with van der Waals surface area (Å²) >= 11 is 0. The minimum Gasteiger partial charge on any atom is -0.361 e. The molecular weight excluding hydrogens is 268 g/mol. The van der Waals surface area contributed by atoms with Crippen LogP contribution in [0.5, 0.6) is 0 Å². The van der Waals surface area contributed by atoms with Gasteiger partial charge in [0.2, 0.25) is 0 Å². The molecule has 1 aromatic heterocycles. The second kappa shape index (κ2) is 4.72. The van der Waals surface area contributed by atoms with Gasteiger partial charge in [0.05, 0.1) is 11.4 Å². The first kappa shape index (κ1) is 15.8. The molecule has 5 atom stereocenters. The smallest absolute Gasteiger partial charge is 0.0619 e. The average molecular weight is 300 g/mol. The van der Waals surface area contributed by atoms with Crippen molar-refractivity contribution in [3.8, 4) is 0 Å². The van der Waals surface area contributed by atoms with Gasteiger partial charge >= 0.3 is 0 Å². The number of aromatic nitrogens is 1. The maximum atomic E-state index is 4.78. The highest BCUT2D eigenvalue weighted by molar-refractivity contribution is 5.61. The fourth-order valence-electron chi connectivity index (χ4n) is 5.58. The van der Waals surface area contributed by atoms with E-state index in [1.807, 2.05) is 0 Å². The molecule has 1 aliphatic carbocycles. The Morgan fingerprint density at radius 1 is 1.05 bits per heavy atom. The van der Waals surface area contributed by atoms with Crippen molar-refractivity contribution in [3.63, 3.8) is 0 Å². The molecule has 1 saturated carbocycles. The molecule has 2 bridgehead atoms. The highest BCUT2D eigenvalue weighted by Crippen LogP contribution is 2.60. The van der Waals surface area contributed by atoms with Gasteiger partial charge in [-0.2, -0.15) is 0 Å². The first-order chi connectivity index (χ1) is 10.1. The van der Waals surface area contributed by atoms with Crippen LogP contribution in [-0.2, 0) is 0 Å². The minimum atomic E-state index is 0.253. The van der Waals surface area contributed by atoms with Crippen molar-refractivity contribution < 1.29 is 0 Å². The lowest BCUT2D eigenvalue weighted by atomic mass is 9.50. The molecule has 0 N–H and O–H groups in total. The summed E-state index contributed by atoms with van der Waals surface area (Å²) in [6.07, 6.45) is 2.65. The zero-order valence-corrected chi connectivity index (χ0v) is 15.6. The standard InChI is InChI=1S/C20H32N2/c1-12-11-13(2)21-16(5)18(12)22-17(6)19(7)9-10-20(22,8)15(4)14(19)3/h11,14-15,17H,9-10H2,1-8H3/t14?,15?,17-,19?,20?/m0/s1. The number of fused-ring (bicyclic) bond motifs is 3. The van der Waals surface area contributed by atoms with E-state index in [0.717, 1.165) is 11.6 Å². The third-order valence-electron chi connectivity index (χ3n) is 7.56. The van der Waals surface area contributed by atoms with Gasteiger partial charge in [-0.15, -0.1) is 0 Å². The quantitative estimate of drug-likeness (QED) is 0.722. The molecule has 2 nitrogen and oxygen atoms in total. The molecule has 0 spiro atoms. The van der Waals surface area contributed by atoms with Gasteiger partial charge in [-0.3, -0.25) is 4.98 Å². The number of hydrogen-bond donors (Lipinski definition) is 0. The Labute approximate surface area is 136 Å². The molecule has 122 valence electrons. The van der Waals surface area contributed by atoms with Crippen LogP contribution in [0.1, 0.15) is 64.4 Å². The summed E-state index contributed by atoms with van der Waals surface area (Å²) in [6.45, 7) is 18.9. The van der Waals surface area contributed by atoms with Crippen LogP contribution in [0.3, 0.4) is 0 Å². The summed E-state index contributed by atoms with van der Waals surface area (Å²) in [7, 11) is 0. The number of nitrogens with zero attached hydrogens (tertiary/aromatic N) is 2. The molecule has 0 radical (unpaired) electrons. The van der Waals surface area contributed by atoms with Gasteiger partial charge in [-0.1, -0.05) is 20.8 Å². The van der Waals surface area contributed by atoms with Crippen LogP contribution < -0.4 is 4.90 Å². The number of hydrogen-bond acceptors (Lipinski definition) is 2. The Bertz CT molecular complexity index is 585. The van der Waals surface area contributed by atoms with Gasteiger partial charge in [-0.25, -0.2) is 0 Å². The van der Waals surface area contributed by atoms with E-state index in [9.17, 15) is 0 Å². The second-order valence-electron chi connectivity index (χ2n) is 8.50. The van der Waals surface area contributed by atoms with Crippen molar-refractivity contribution in [2.75, 3.05) is 4.90 Å². The van der Waals surface area contributed by atoms with E-state index in [2.05, 4.69) is 66.4 Å². The van der Waals surface area contributed by atoms with Crippen LogP contribution >= 0.6 is 0 Å². The number of pyridine rings is 1. The van der Waals surface area contributed by atoms with E-state index in [0.29, 0.717) is 17.4 Å². The number of piperidine rings is 2. The molecule has 3 aliphatic rings. The first-order valence-corrected chi connectivity index (χ1v) is 8.87. The van der Waals surface area contributed by atoms with Gasteiger partial charge in [-0.05, 0) is 76.3 Å². The van der Waals surface area contributed by atoms with E-state index in [-0.39, 0.29) is 5.54 Å². The predicted octanol–water partition coefficient (Wildman–Crippen LogP) is 5.05. The average Bonchev–Trinajstić information content (AvgIpc) is 2.42. The molecule has 4 unspecified atom stereocenters. The van der Waals surface area contributed by atoms with E-state index < -0.39 is 0 Å². The summed E-state index contributed by atoms with van der Waals surface area (Å²) in [5.41, 5.74) is 5.76. The molecule has 2 aliphatic heterocycles. The van der Waals surface area contributed by atoms with Crippen molar-refractivity contribution >= 4 is 5.69 Å². The highest BCUT2D eigenvalue weighted by Gasteiger charge is 2.60. The monoisotopic (exact) mass is 300 g/mol. The zero-order valence-electron chi connectivity index (χ0n) is 15.6. The van der Waals surface area contributed by atoms with E-state index in [1.165, 1.54) is 29.8 Å². The molecule has 3 heterocycles. The largest absolute Gasteiger partial charge is 0.361 e. The van der Waals surface area contributed by atoms with Crippen molar-refractivity contribution in [2.24, 2.45) is 17.3 Å². The molecule has 22 heavy (non-hydrogen) atoms. The van der Waals surface area contributed by atoms with Crippen LogP contribution in [0.15, 0.2) is 6.07 Å². The second-order valence-corrected chi connectivity index (χ2v) is 8.50. The van der Waals surface area contributed by atoms with Gasteiger partial charge in [0.15, 0.2) is 0 Å². The maximum absolute atomic E-state index is 4.78. The topological polar surface area (TPSA) is 16.1 Å². The van der Waals surface area contributed by atoms with Gasteiger partial charge < -0.3 is 4.90 Å². The van der Waals surface area contributed by atoms with Gasteiger partial charge in [0, 0.05) is 17.3 Å². The lowest BCUT2D eigenvalue weighted by Crippen LogP contribution is -2.72. The Kier molecular flexibility index (Phi) is 3.40. The molecule has 0 aromatic carbocycles. The van der Waals surface area contributed by atoms with Crippen molar-refractivity contribution in [1.29, 1.82) is 0 Å². The van der Waals surface area contributed by atoms with Crippen molar-refractivity contribution in [2.45, 2.75) is 79.8 Å². The Morgan fingerprint density at radius 2 is 1.68 bits per heavy atom.